The van der Waals surface area contributed by atoms with E-state index in [1.165, 1.54) is 0 Å². The summed E-state index contributed by atoms with van der Waals surface area (Å²) in [6.45, 7) is 8.80. The van der Waals surface area contributed by atoms with Gasteiger partial charge in [0.25, 0.3) is 0 Å². The Hall–Kier alpha value is -1.06. The van der Waals surface area contributed by atoms with Crippen molar-refractivity contribution in [3.63, 3.8) is 0 Å². The molecule has 1 aromatic carbocycles. The topological polar surface area (TPSA) is 64.1 Å². The molecule has 0 saturated carbocycles. The molecule has 2 N–H and O–H groups in total. The fraction of sp³-hybridized carbons (Fsp3) is 0.667. The number of halogens is 1. The van der Waals surface area contributed by atoms with Crippen LogP contribution in [0.1, 0.15) is 39.5 Å². The van der Waals surface area contributed by atoms with E-state index in [9.17, 15) is 0 Å². The summed E-state index contributed by atoms with van der Waals surface area (Å²) < 4.78 is 17.3. The van der Waals surface area contributed by atoms with E-state index in [1.807, 2.05) is 30.3 Å². The van der Waals surface area contributed by atoms with Crippen LogP contribution in [-0.2, 0) is 9.47 Å². The summed E-state index contributed by atoms with van der Waals surface area (Å²) in [7, 11) is 0. The Kier molecular flexibility index (Phi) is 14.1. The third-order valence-electron chi connectivity index (χ3n) is 4.38. The minimum Gasteiger partial charge on any atom is -0.489 e. The zero-order valence-electron chi connectivity index (χ0n) is 17.2. The number of nitrogens with zero attached hydrogens (tertiary/aromatic N) is 1. The van der Waals surface area contributed by atoms with E-state index in [0.717, 1.165) is 63.7 Å². The molecule has 1 heterocycles. The lowest BCUT2D eigenvalue weighted by Crippen LogP contribution is -2.39. The number of benzene rings is 1. The molecule has 6 nitrogen and oxygen atoms in total. The Bertz CT molecular complexity index is 525. The second-order valence-corrected chi connectivity index (χ2v) is 6.67. The number of guanidine groups is 1. The molecule has 2 rings (SSSR count). The first-order valence-corrected chi connectivity index (χ1v) is 10.2. The molecule has 0 spiro atoms. The zero-order chi connectivity index (χ0) is 19.2. The molecule has 1 aliphatic rings. The normalized spacial score (nSPS) is 17.6. The largest absolute Gasteiger partial charge is 0.489 e. The van der Waals surface area contributed by atoms with Crippen molar-refractivity contribution in [3.05, 3.63) is 30.3 Å². The van der Waals surface area contributed by atoms with Crippen LogP contribution in [0, 0.1) is 0 Å². The van der Waals surface area contributed by atoms with Crippen LogP contribution in [0.5, 0.6) is 5.75 Å². The quantitative estimate of drug-likeness (QED) is 0.197. The van der Waals surface area contributed by atoms with Gasteiger partial charge in [-0.2, -0.15) is 0 Å². The van der Waals surface area contributed by atoms with Gasteiger partial charge >= 0.3 is 0 Å². The van der Waals surface area contributed by atoms with E-state index in [4.69, 9.17) is 14.2 Å². The second kappa shape index (κ2) is 15.8. The Morgan fingerprint density at radius 1 is 1.25 bits per heavy atom. The number of hydrogen-bond acceptors (Lipinski definition) is 4. The van der Waals surface area contributed by atoms with Gasteiger partial charge in [0.15, 0.2) is 5.96 Å². The minimum absolute atomic E-state index is 0. The predicted molar refractivity (Wildman–Crippen MR) is 125 cm³/mol. The van der Waals surface area contributed by atoms with Gasteiger partial charge in [-0.05, 0) is 44.7 Å². The van der Waals surface area contributed by atoms with Gasteiger partial charge in [0.2, 0.25) is 0 Å². The molecule has 0 bridgehead atoms. The molecular formula is C21H36IN3O3. The highest BCUT2D eigenvalue weighted by atomic mass is 127. The van der Waals surface area contributed by atoms with Crippen molar-refractivity contribution in [1.29, 1.82) is 0 Å². The van der Waals surface area contributed by atoms with Gasteiger partial charge < -0.3 is 24.8 Å². The molecule has 1 aliphatic heterocycles. The highest BCUT2D eigenvalue weighted by molar-refractivity contribution is 14.0. The first kappa shape index (κ1) is 25.0. The third kappa shape index (κ3) is 10.5. The second-order valence-electron chi connectivity index (χ2n) is 6.67. The van der Waals surface area contributed by atoms with E-state index in [2.05, 4.69) is 29.5 Å². The number of ether oxygens (including phenoxy) is 3. The lowest BCUT2D eigenvalue weighted by atomic mass is 10.2. The van der Waals surface area contributed by atoms with Crippen molar-refractivity contribution in [2.24, 2.45) is 4.99 Å². The van der Waals surface area contributed by atoms with Gasteiger partial charge in [0.05, 0.1) is 19.3 Å². The van der Waals surface area contributed by atoms with Crippen molar-refractivity contribution >= 4 is 29.9 Å². The molecule has 0 aliphatic carbocycles. The van der Waals surface area contributed by atoms with Crippen LogP contribution >= 0.6 is 24.0 Å². The first-order valence-electron chi connectivity index (χ1n) is 10.2. The average molecular weight is 505 g/mol. The molecule has 2 unspecified atom stereocenters. The first-order chi connectivity index (χ1) is 13.3. The summed E-state index contributed by atoms with van der Waals surface area (Å²) in [4.78, 5) is 4.67. The summed E-state index contributed by atoms with van der Waals surface area (Å²) >= 11 is 0. The minimum atomic E-state index is 0. The van der Waals surface area contributed by atoms with Crippen molar-refractivity contribution in [2.75, 3.05) is 39.5 Å². The van der Waals surface area contributed by atoms with Crippen LogP contribution < -0.4 is 15.4 Å². The summed E-state index contributed by atoms with van der Waals surface area (Å²) in [5.74, 6) is 1.72. The zero-order valence-corrected chi connectivity index (χ0v) is 19.5. The highest BCUT2D eigenvalue weighted by Gasteiger charge is 2.15. The van der Waals surface area contributed by atoms with Crippen LogP contribution in [0.4, 0.5) is 0 Å². The van der Waals surface area contributed by atoms with Crippen LogP contribution in [-0.4, -0.2) is 57.6 Å². The molecular weight excluding hydrogens is 469 g/mol. The lowest BCUT2D eigenvalue weighted by molar-refractivity contribution is 0.0168. The monoisotopic (exact) mass is 505 g/mol. The average Bonchev–Trinajstić information content (AvgIpc) is 3.21. The van der Waals surface area contributed by atoms with Crippen LogP contribution in [0.25, 0.3) is 0 Å². The van der Waals surface area contributed by atoms with Crippen molar-refractivity contribution in [1.82, 2.24) is 10.6 Å². The summed E-state index contributed by atoms with van der Waals surface area (Å²) in [6.07, 6.45) is 4.50. The van der Waals surface area contributed by atoms with E-state index < -0.39 is 0 Å². The molecule has 7 heteroatoms. The number of hydrogen-bond donors (Lipinski definition) is 2. The van der Waals surface area contributed by atoms with Gasteiger partial charge in [-0.1, -0.05) is 25.1 Å². The van der Waals surface area contributed by atoms with Crippen LogP contribution in [0.15, 0.2) is 35.3 Å². The summed E-state index contributed by atoms with van der Waals surface area (Å²) in [5, 5.41) is 6.65. The molecule has 160 valence electrons. The molecule has 1 fully saturated rings. The van der Waals surface area contributed by atoms with Crippen LogP contribution in [0.2, 0.25) is 0 Å². The Labute approximate surface area is 186 Å². The van der Waals surface area contributed by atoms with Gasteiger partial charge in [-0.15, -0.1) is 24.0 Å². The van der Waals surface area contributed by atoms with E-state index >= 15 is 0 Å². The lowest BCUT2D eigenvalue weighted by Gasteiger charge is -2.17. The van der Waals surface area contributed by atoms with Crippen molar-refractivity contribution in [3.8, 4) is 5.75 Å². The Morgan fingerprint density at radius 3 is 2.75 bits per heavy atom. The number of rotatable bonds is 12. The molecule has 1 aromatic rings. The fourth-order valence-corrected chi connectivity index (χ4v) is 2.85. The maximum Gasteiger partial charge on any atom is 0.191 e. The van der Waals surface area contributed by atoms with Crippen molar-refractivity contribution in [2.45, 2.75) is 51.7 Å². The third-order valence-corrected chi connectivity index (χ3v) is 4.38. The molecule has 0 aromatic heterocycles. The highest BCUT2D eigenvalue weighted by Crippen LogP contribution is 2.13. The summed E-state index contributed by atoms with van der Waals surface area (Å²) in [6, 6.07) is 9.91. The molecule has 0 amide bonds. The maximum atomic E-state index is 6.00. The van der Waals surface area contributed by atoms with E-state index in [1.54, 1.807) is 0 Å². The predicted octanol–water partition coefficient (Wildman–Crippen LogP) is 3.60. The van der Waals surface area contributed by atoms with E-state index in [0.29, 0.717) is 19.3 Å². The maximum absolute atomic E-state index is 6.00. The van der Waals surface area contributed by atoms with E-state index in [-0.39, 0.29) is 30.1 Å². The Morgan fingerprint density at radius 2 is 2.07 bits per heavy atom. The van der Waals surface area contributed by atoms with Gasteiger partial charge in [-0.25, -0.2) is 4.99 Å². The van der Waals surface area contributed by atoms with Gasteiger partial charge in [-0.3, -0.25) is 0 Å². The number of aliphatic imine (C=N–C) groups is 1. The number of nitrogens with one attached hydrogen (secondary N) is 2. The smallest absolute Gasteiger partial charge is 0.191 e. The van der Waals surface area contributed by atoms with Crippen molar-refractivity contribution < 1.29 is 14.2 Å². The van der Waals surface area contributed by atoms with Gasteiger partial charge in [0, 0.05) is 26.3 Å². The standard InChI is InChI=1S/C21H35N3O3.HI/c1-3-18(27-19-10-6-5-7-11-19)16-24-21(22-4-2)23-13-9-14-25-17-20-12-8-15-26-20;/h5-7,10-11,18,20H,3-4,8-9,12-17H2,1-2H3,(H2,22,23,24);1H. The number of para-hydroxylation sites is 1. The molecule has 2 atom stereocenters. The van der Waals surface area contributed by atoms with Gasteiger partial charge in [0.1, 0.15) is 11.9 Å². The fourth-order valence-electron chi connectivity index (χ4n) is 2.85. The molecule has 0 radical (unpaired) electrons. The Balaban J connectivity index is 0.00000392. The SMILES string of the molecule is CCNC(=NCC(CC)Oc1ccccc1)NCCCOCC1CCCO1.I. The van der Waals surface area contributed by atoms with Crippen LogP contribution in [0.3, 0.4) is 0 Å². The molecule has 28 heavy (non-hydrogen) atoms. The summed E-state index contributed by atoms with van der Waals surface area (Å²) in [5.41, 5.74) is 0. The molecule has 1 saturated heterocycles.